The second-order valence-corrected chi connectivity index (χ2v) is 3.98. The molecule has 0 bridgehead atoms. The Morgan fingerprint density at radius 1 is 1.29 bits per heavy atom. The molecule has 0 aliphatic heterocycles. The van der Waals surface area contributed by atoms with Crippen LogP contribution in [0.3, 0.4) is 0 Å². The maximum absolute atomic E-state index is 11.6. The molecular formula is C11H21N3O3. The maximum Gasteiger partial charge on any atom is 0.240 e. The molecule has 6 heteroatoms. The summed E-state index contributed by atoms with van der Waals surface area (Å²) in [6.45, 7) is 3.65. The van der Waals surface area contributed by atoms with Gasteiger partial charge in [-0.2, -0.15) is 0 Å². The van der Waals surface area contributed by atoms with Gasteiger partial charge >= 0.3 is 0 Å². The molecule has 6 nitrogen and oxygen atoms in total. The van der Waals surface area contributed by atoms with Crippen molar-refractivity contribution in [3.63, 3.8) is 0 Å². The van der Waals surface area contributed by atoms with E-state index in [1.165, 1.54) is 7.05 Å². The standard InChI is InChI=1S/C11H21N3O3/c1-4-7(2)11(17)14-8(10(12)16)5-6-9(15)13-3/h7-8H,4-6H2,1-3H3,(H2,12,16)(H,13,15)(H,14,17)/t7-,8-/m0/s1. The van der Waals surface area contributed by atoms with Gasteiger partial charge in [-0.25, -0.2) is 0 Å². The van der Waals surface area contributed by atoms with E-state index < -0.39 is 11.9 Å². The summed E-state index contributed by atoms with van der Waals surface area (Å²) in [4.78, 5) is 33.7. The highest BCUT2D eigenvalue weighted by molar-refractivity contribution is 5.88. The Morgan fingerprint density at radius 2 is 1.88 bits per heavy atom. The first-order valence-electron chi connectivity index (χ1n) is 5.72. The Bertz CT molecular complexity index is 292. The zero-order valence-corrected chi connectivity index (χ0v) is 10.6. The van der Waals surface area contributed by atoms with Crippen LogP contribution in [0.2, 0.25) is 0 Å². The minimum absolute atomic E-state index is 0.158. The van der Waals surface area contributed by atoms with Crippen LogP contribution >= 0.6 is 0 Å². The molecule has 0 unspecified atom stereocenters. The SMILES string of the molecule is CC[C@H](C)C(=O)N[C@@H](CCC(=O)NC)C(N)=O. The second-order valence-electron chi connectivity index (χ2n) is 3.98. The van der Waals surface area contributed by atoms with Crippen molar-refractivity contribution in [1.82, 2.24) is 10.6 Å². The van der Waals surface area contributed by atoms with Crippen LogP contribution < -0.4 is 16.4 Å². The highest BCUT2D eigenvalue weighted by atomic mass is 16.2. The fraction of sp³-hybridized carbons (Fsp3) is 0.727. The van der Waals surface area contributed by atoms with Gasteiger partial charge < -0.3 is 16.4 Å². The third-order valence-electron chi connectivity index (χ3n) is 2.66. The third-order valence-corrected chi connectivity index (χ3v) is 2.66. The summed E-state index contributed by atoms with van der Waals surface area (Å²) in [6.07, 6.45) is 1.06. The average molecular weight is 243 g/mol. The van der Waals surface area contributed by atoms with Crippen molar-refractivity contribution in [3.8, 4) is 0 Å². The lowest BCUT2D eigenvalue weighted by Crippen LogP contribution is -2.46. The Morgan fingerprint density at radius 3 is 2.29 bits per heavy atom. The van der Waals surface area contributed by atoms with E-state index in [0.717, 1.165) is 0 Å². The number of rotatable bonds is 7. The zero-order valence-electron chi connectivity index (χ0n) is 10.6. The Hall–Kier alpha value is -1.59. The van der Waals surface area contributed by atoms with Crippen molar-refractivity contribution in [2.75, 3.05) is 7.05 Å². The van der Waals surface area contributed by atoms with E-state index in [0.29, 0.717) is 6.42 Å². The Kier molecular flexibility index (Phi) is 6.93. The normalized spacial score (nSPS) is 13.6. The summed E-state index contributed by atoms with van der Waals surface area (Å²) in [5.41, 5.74) is 5.17. The van der Waals surface area contributed by atoms with E-state index in [2.05, 4.69) is 10.6 Å². The van der Waals surface area contributed by atoms with Crippen LogP contribution in [0.5, 0.6) is 0 Å². The smallest absolute Gasteiger partial charge is 0.240 e. The van der Waals surface area contributed by atoms with Crippen LogP contribution in [0.4, 0.5) is 0 Å². The van der Waals surface area contributed by atoms with Crippen molar-refractivity contribution in [3.05, 3.63) is 0 Å². The molecule has 17 heavy (non-hydrogen) atoms. The van der Waals surface area contributed by atoms with Crippen molar-refractivity contribution >= 4 is 17.7 Å². The minimum atomic E-state index is -0.784. The first-order valence-corrected chi connectivity index (χ1v) is 5.72. The monoisotopic (exact) mass is 243 g/mol. The fourth-order valence-electron chi connectivity index (χ4n) is 1.19. The second kappa shape index (κ2) is 7.65. The molecule has 0 aliphatic rings. The molecule has 2 atom stereocenters. The molecule has 0 fully saturated rings. The lowest BCUT2D eigenvalue weighted by molar-refractivity contribution is -0.130. The number of amides is 3. The molecule has 0 heterocycles. The molecule has 0 aliphatic carbocycles. The highest BCUT2D eigenvalue weighted by Gasteiger charge is 2.21. The summed E-state index contributed by atoms with van der Waals surface area (Å²) in [5, 5.41) is 5.00. The Labute approximate surface area is 101 Å². The lowest BCUT2D eigenvalue weighted by Gasteiger charge is -2.17. The largest absolute Gasteiger partial charge is 0.368 e. The van der Waals surface area contributed by atoms with E-state index >= 15 is 0 Å². The fourth-order valence-corrected chi connectivity index (χ4v) is 1.19. The molecule has 0 aromatic rings. The summed E-state index contributed by atoms with van der Waals surface area (Å²) < 4.78 is 0. The minimum Gasteiger partial charge on any atom is -0.368 e. The first-order chi connectivity index (χ1) is 7.92. The number of carbonyl (C=O) groups is 3. The predicted molar refractivity (Wildman–Crippen MR) is 63.9 cm³/mol. The van der Waals surface area contributed by atoms with Crippen molar-refractivity contribution in [1.29, 1.82) is 0 Å². The molecule has 4 N–H and O–H groups in total. The predicted octanol–water partition coefficient (Wildman–Crippen LogP) is -0.471. The van der Waals surface area contributed by atoms with Gasteiger partial charge in [-0.1, -0.05) is 13.8 Å². The molecule has 98 valence electrons. The molecule has 0 aromatic carbocycles. The summed E-state index contributed by atoms with van der Waals surface area (Å²) >= 11 is 0. The van der Waals surface area contributed by atoms with Crippen molar-refractivity contribution < 1.29 is 14.4 Å². The summed E-state index contributed by atoms with van der Waals surface area (Å²) in [5.74, 6) is -1.19. The third kappa shape index (κ3) is 5.89. The van der Waals surface area contributed by atoms with E-state index in [1.54, 1.807) is 6.92 Å². The molecule has 0 saturated carbocycles. The molecule has 0 rings (SSSR count). The first kappa shape index (κ1) is 15.4. The van der Waals surface area contributed by atoms with Gasteiger partial charge in [0.2, 0.25) is 17.7 Å². The molecule has 3 amide bonds. The summed E-state index contributed by atoms with van der Waals surface area (Å²) in [6, 6.07) is -0.784. The quantitative estimate of drug-likeness (QED) is 0.563. The topological polar surface area (TPSA) is 101 Å². The maximum atomic E-state index is 11.6. The highest BCUT2D eigenvalue weighted by Crippen LogP contribution is 2.03. The van der Waals surface area contributed by atoms with E-state index in [-0.39, 0.29) is 30.6 Å². The number of carbonyl (C=O) groups excluding carboxylic acids is 3. The van der Waals surface area contributed by atoms with Gasteiger partial charge in [0.1, 0.15) is 6.04 Å². The molecule has 0 radical (unpaired) electrons. The van der Waals surface area contributed by atoms with Crippen molar-refractivity contribution in [2.24, 2.45) is 11.7 Å². The lowest BCUT2D eigenvalue weighted by atomic mass is 10.1. The molecule has 0 saturated heterocycles. The van der Waals surface area contributed by atoms with Gasteiger partial charge in [-0.3, -0.25) is 14.4 Å². The van der Waals surface area contributed by atoms with Crippen LogP contribution in [-0.4, -0.2) is 30.8 Å². The van der Waals surface area contributed by atoms with Gasteiger partial charge in [0, 0.05) is 19.4 Å². The van der Waals surface area contributed by atoms with Gasteiger partial charge in [-0.15, -0.1) is 0 Å². The van der Waals surface area contributed by atoms with E-state index in [9.17, 15) is 14.4 Å². The Balaban J connectivity index is 4.30. The van der Waals surface area contributed by atoms with Crippen molar-refractivity contribution in [2.45, 2.75) is 39.2 Å². The summed E-state index contributed by atoms with van der Waals surface area (Å²) in [7, 11) is 1.51. The average Bonchev–Trinajstić information content (AvgIpc) is 2.31. The van der Waals surface area contributed by atoms with Crippen LogP contribution in [0.1, 0.15) is 33.1 Å². The zero-order chi connectivity index (χ0) is 13.4. The van der Waals surface area contributed by atoms with E-state index in [4.69, 9.17) is 5.73 Å². The van der Waals surface area contributed by atoms with Crippen LogP contribution in [0.25, 0.3) is 0 Å². The van der Waals surface area contributed by atoms with Crippen LogP contribution in [-0.2, 0) is 14.4 Å². The number of nitrogens with two attached hydrogens (primary N) is 1. The van der Waals surface area contributed by atoms with Crippen LogP contribution in [0, 0.1) is 5.92 Å². The molecular weight excluding hydrogens is 222 g/mol. The van der Waals surface area contributed by atoms with Gasteiger partial charge in [0.15, 0.2) is 0 Å². The molecule has 0 aromatic heterocycles. The molecule has 0 spiro atoms. The number of primary amides is 1. The number of nitrogens with one attached hydrogen (secondary N) is 2. The van der Waals surface area contributed by atoms with Gasteiger partial charge in [0.25, 0.3) is 0 Å². The van der Waals surface area contributed by atoms with E-state index in [1.807, 2.05) is 6.92 Å². The number of hydrogen-bond acceptors (Lipinski definition) is 3. The number of hydrogen-bond donors (Lipinski definition) is 3. The van der Waals surface area contributed by atoms with Gasteiger partial charge in [0.05, 0.1) is 0 Å². The van der Waals surface area contributed by atoms with Crippen LogP contribution in [0.15, 0.2) is 0 Å². The van der Waals surface area contributed by atoms with Gasteiger partial charge in [-0.05, 0) is 12.8 Å².